The minimum absolute atomic E-state index is 0.0717. The highest BCUT2D eigenvalue weighted by Crippen LogP contribution is 2.27. The van der Waals surface area contributed by atoms with Gasteiger partial charge < -0.3 is 10.6 Å². The molecule has 21 heavy (non-hydrogen) atoms. The maximum Gasteiger partial charge on any atom is 0.224 e. The van der Waals surface area contributed by atoms with Gasteiger partial charge in [-0.05, 0) is 25.5 Å². The molecule has 0 saturated carbocycles. The van der Waals surface area contributed by atoms with Crippen LogP contribution in [0.1, 0.15) is 31.9 Å². The minimum Gasteiger partial charge on any atom is -0.340 e. The summed E-state index contributed by atoms with van der Waals surface area (Å²) in [4.78, 5) is 16.3. The molecule has 116 valence electrons. The van der Waals surface area contributed by atoms with Crippen molar-refractivity contribution < 1.29 is 4.79 Å². The Labute approximate surface area is 131 Å². The summed E-state index contributed by atoms with van der Waals surface area (Å²) < 4.78 is 0. The Balaban J connectivity index is 1.92. The third-order valence-corrected chi connectivity index (χ3v) is 4.41. The summed E-state index contributed by atoms with van der Waals surface area (Å²) in [6.45, 7) is 7.31. The Morgan fingerprint density at radius 2 is 1.86 bits per heavy atom. The van der Waals surface area contributed by atoms with Crippen molar-refractivity contribution in [2.24, 2.45) is 5.73 Å². The number of benzene rings is 1. The van der Waals surface area contributed by atoms with E-state index in [-0.39, 0.29) is 18.0 Å². The van der Waals surface area contributed by atoms with Crippen LogP contribution in [0, 0.1) is 0 Å². The molecule has 0 aliphatic carbocycles. The van der Waals surface area contributed by atoms with Crippen LogP contribution in [0.25, 0.3) is 0 Å². The van der Waals surface area contributed by atoms with E-state index in [2.05, 4.69) is 17.9 Å². The quantitative estimate of drug-likeness (QED) is 0.928. The number of carbonyl (C=O) groups excluding carboxylic acids is 1. The molecule has 2 unspecified atom stereocenters. The molecule has 1 aliphatic heterocycles. The molecule has 0 aromatic heterocycles. The van der Waals surface area contributed by atoms with Gasteiger partial charge >= 0.3 is 0 Å². The van der Waals surface area contributed by atoms with Gasteiger partial charge in [0.05, 0.1) is 0 Å². The van der Waals surface area contributed by atoms with Crippen LogP contribution in [-0.4, -0.2) is 47.9 Å². The highest BCUT2D eigenvalue weighted by molar-refractivity contribution is 6.31. The highest BCUT2D eigenvalue weighted by Gasteiger charge is 2.25. The van der Waals surface area contributed by atoms with Crippen molar-refractivity contribution in [2.75, 3.05) is 26.2 Å². The SMILES string of the molecule is CC(N)CC(=O)N1CCN(C(C)c2ccccc2Cl)CC1. The molecule has 2 atom stereocenters. The fourth-order valence-corrected chi connectivity index (χ4v) is 3.07. The lowest BCUT2D eigenvalue weighted by atomic mass is 10.1. The van der Waals surface area contributed by atoms with Crippen LogP contribution < -0.4 is 5.73 Å². The van der Waals surface area contributed by atoms with E-state index < -0.39 is 0 Å². The first-order valence-corrected chi connectivity index (χ1v) is 7.88. The maximum absolute atomic E-state index is 12.0. The molecule has 0 radical (unpaired) electrons. The fraction of sp³-hybridized carbons (Fsp3) is 0.562. The first-order valence-electron chi connectivity index (χ1n) is 7.51. The summed E-state index contributed by atoms with van der Waals surface area (Å²) >= 11 is 6.27. The van der Waals surface area contributed by atoms with Crippen LogP contribution in [0.5, 0.6) is 0 Å². The van der Waals surface area contributed by atoms with Gasteiger partial charge in [-0.25, -0.2) is 0 Å². The van der Waals surface area contributed by atoms with Crippen molar-refractivity contribution in [1.29, 1.82) is 0 Å². The van der Waals surface area contributed by atoms with Crippen molar-refractivity contribution >= 4 is 17.5 Å². The Hall–Kier alpha value is -1.10. The van der Waals surface area contributed by atoms with Gasteiger partial charge in [0, 0.05) is 49.7 Å². The summed E-state index contributed by atoms with van der Waals surface area (Å²) in [5.41, 5.74) is 6.84. The van der Waals surface area contributed by atoms with E-state index in [0.717, 1.165) is 36.8 Å². The van der Waals surface area contributed by atoms with Gasteiger partial charge in [-0.1, -0.05) is 29.8 Å². The number of rotatable bonds is 4. The zero-order valence-corrected chi connectivity index (χ0v) is 13.5. The summed E-state index contributed by atoms with van der Waals surface area (Å²) in [5.74, 6) is 0.162. The maximum atomic E-state index is 12.0. The van der Waals surface area contributed by atoms with E-state index in [4.69, 9.17) is 17.3 Å². The van der Waals surface area contributed by atoms with Gasteiger partial charge in [-0.2, -0.15) is 0 Å². The molecule has 1 fully saturated rings. The van der Waals surface area contributed by atoms with Gasteiger partial charge in [-0.15, -0.1) is 0 Å². The Bertz CT molecular complexity index is 484. The minimum atomic E-state index is -0.0717. The third-order valence-electron chi connectivity index (χ3n) is 4.07. The number of hydrogen-bond acceptors (Lipinski definition) is 3. The first-order chi connectivity index (χ1) is 9.99. The van der Waals surface area contributed by atoms with Crippen LogP contribution in [0.4, 0.5) is 0 Å². The standard InChI is InChI=1S/C16H24ClN3O/c1-12(18)11-16(21)20-9-7-19(8-10-20)13(2)14-5-3-4-6-15(14)17/h3-6,12-13H,7-11,18H2,1-2H3. The third kappa shape index (κ3) is 4.19. The van der Waals surface area contributed by atoms with Gasteiger partial charge in [0.15, 0.2) is 0 Å². The zero-order chi connectivity index (χ0) is 15.4. The largest absolute Gasteiger partial charge is 0.340 e. The van der Waals surface area contributed by atoms with Crippen LogP contribution in [0.2, 0.25) is 5.02 Å². The Morgan fingerprint density at radius 1 is 1.24 bits per heavy atom. The monoisotopic (exact) mass is 309 g/mol. The molecule has 1 heterocycles. The number of amides is 1. The highest BCUT2D eigenvalue weighted by atomic mass is 35.5. The Morgan fingerprint density at radius 3 is 2.43 bits per heavy atom. The van der Waals surface area contributed by atoms with Crippen molar-refractivity contribution in [2.45, 2.75) is 32.4 Å². The number of nitrogens with zero attached hydrogens (tertiary/aromatic N) is 2. The van der Waals surface area contributed by atoms with Crippen LogP contribution in [-0.2, 0) is 4.79 Å². The fourth-order valence-electron chi connectivity index (χ4n) is 2.77. The smallest absolute Gasteiger partial charge is 0.224 e. The molecule has 1 amide bonds. The molecule has 2 rings (SSSR count). The molecule has 1 saturated heterocycles. The van der Waals surface area contributed by atoms with Gasteiger partial charge in [0.1, 0.15) is 0 Å². The summed E-state index contributed by atoms with van der Waals surface area (Å²) in [5, 5.41) is 0.806. The number of piperazine rings is 1. The summed E-state index contributed by atoms with van der Waals surface area (Å²) in [6, 6.07) is 8.15. The second-order valence-corrected chi connectivity index (χ2v) is 6.20. The molecule has 1 aliphatic rings. The lowest BCUT2D eigenvalue weighted by Gasteiger charge is -2.38. The average molecular weight is 310 g/mol. The number of halogens is 1. The first kappa shape index (κ1) is 16.3. The molecule has 1 aromatic rings. The lowest BCUT2D eigenvalue weighted by molar-refractivity contribution is -0.133. The average Bonchev–Trinajstić information content (AvgIpc) is 2.46. The van der Waals surface area contributed by atoms with E-state index in [1.807, 2.05) is 30.0 Å². The molecule has 0 spiro atoms. The number of carbonyl (C=O) groups is 1. The Kier molecular flexibility index (Phi) is 5.62. The van der Waals surface area contributed by atoms with Gasteiger partial charge in [0.2, 0.25) is 5.91 Å². The van der Waals surface area contributed by atoms with Crippen molar-refractivity contribution in [1.82, 2.24) is 9.80 Å². The second kappa shape index (κ2) is 7.25. The van der Waals surface area contributed by atoms with E-state index in [1.165, 1.54) is 0 Å². The van der Waals surface area contributed by atoms with Crippen LogP contribution in [0.15, 0.2) is 24.3 Å². The van der Waals surface area contributed by atoms with Gasteiger partial charge in [0.25, 0.3) is 0 Å². The number of nitrogens with two attached hydrogens (primary N) is 1. The molecule has 0 bridgehead atoms. The molecular weight excluding hydrogens is 286 g/mol. The molecule has 1 aromatic carbocycles. The lowest BCUT2D eigenvalue weighted by Crippen LogP contribution is -2.50. The molecule has 2 N–H and O–H groups in total. The molecule has 4 nitrogen and oxygen atoms in total. The predicted molar refractivity (Wildman–Crippen MR) is 86.3 cm³/mol. The zero-order valence-electron chi connectivity index (χ0n) is 12.8. The molecular formula is C16H24ClN3O. The van der Waals surface area contributed by atoms with Gasteiger partial charge in [-0.3, -0.25) is 9.69 Å². The van der Waals surface area contributed by atoms with E-state index >= 15 is 0 Å². The summed E-state index contributed by atoms with van der Waals surface area (Å²) in [6.07, 6.45) is 0.431. The number of hydrogen-bond donors (Lipinski definition) is 1. The summed E-state index contributed by atoms with van der Waals surface area (Å²) in [7, 11) is 0. The van der Waals surface area contributed by atoms with E-state index in [9.17, 15) is 4.79 Å². The van der Waals surface area contributed by atoms with Crippen molar-refractivity contribution in [3.63, 3.8) is 0 Å². The van der Waals surface area contributed by atoms with E-state index in [0.29, 0.717) is 6.42 Å². The normalized spacial score (nSPS) is 19.3. The van der Waals surface area contributed by atoms with E-state index in [1.54, 1.807) is 0 Å². The van der Waals surface area contributed by atoms with Crippen molar-refractivity contribution in [3.8, 4) is 0 Å². The van der Waals surface area contributed by atoms with Crippen molar-refractivity contribution in [3.05, 3.63) is 34.9 Å². The predicted octanol–water partition coefficient (Wildman–Crippen LogP) is 2.28. The molecule has 5 heteroatoms. The second-order valence-electron chi connectivity index (χ2n) is 5.80. The van der Waals surface area contributed by atoms with Crippen LogP contribution >= 0.6 is 11.6 Å². The van der Waals surface area contributed by atoms with Crippen LogP contribution in [0.3, 0.4) is 0 Å². The topological polar surface area (TPSA) is 49.6 Å².